The fourth-order valence-electron chi connectivity index (χ4n) is 1.99. The fourth-order valence-corrected chi connectivity index (χ4v) is 3.05. The molecule has 0 radical (unpaired) electrons. The minimum absolute atomic E-state index is 0.771. The van der Waals surface area contributed by atoms with E-state index in [1.165, 1.54) is 0 Å². The molecule has 0 bridgehead atoms. The number of anilines is 1. The van der Waals surface area contributed by atoms with Gasteiger partial charge in [-0.15, -0.1) is 23.1 Å². The highest BCUT2D eigenvalue weighted by Crippen LogP contribution is 2.27. The first-order chi connectivity index (χ1) is 9.36. The van der Waals surface area contributed by atoms with Gasteiger partial charge in [0.15, 0.2) is 5.82 Å². The Kier molecular flexibility index (Phi) is 4.00. The number of morpholine rings is 1. The highest BCUT2D eigenvalue weighted by Gasteiger charge is 2.15. The van der Waals surface area contributed by atoms with Gasteiger partial charge in [-0.2, -0.15) is 0 Å². The molecular weight excluding hydrogens is 278 g/mol. The predicted molar refractivity (Wildman–Crippen MR) is 80.2 cm³/mol. The first-order valence-electron chi connectivity index (χ1n) is 6.16. The van der Waals surface area contributed by atoms with E-state index in [0.29, 0.717) is 0 Å². The summed E-state index contributed by atoms with van der Waals surface area (Å²) in [4.78, 5) is 12.7. The summed E-state index contributed by atoms with van der Waals surface area (Å²) in [5, 5.41) is 3.07. The molecule has 1 aliphatic heterocycles. The van der Waals surface area contributed by atoms with Gasteiger partial charge in [0.05, 0.1) is 18.1 Å². The molecule has 3 heterocycles. The standard InChI is InChI=1S/C13H15N3OS2/c1-18-12-9-11(16-4-6-17-7-5-16)14-13(15-12)10-3-2-8-19-10/h2-3,8-9H,4-7H2,1H3. The summed E-state index contributed by atoms with van der Waals surface area (Å²) in [6, 6.07) is 6.16. The van der Waals surface area contributed by atoms with E-state index in [-0.39, 0.29) is 0 Å². The molecular formula is C13H15N3OS2. The second-order valence-corrected chi connectivity index (χ2v) is 5.94. The third-order valence-electron chi connectivity index (χ3n) is 2.97. The van der Waals surface area contributed by atoms with Gasteiger partial charge in [-0.1, -0.05) is 6.07 Å². The lowest BCUT2D eigenvalue weighted by atomic mass is 10.4. The Hall–Kier alpha value is -1.11. The Morgan fingerprint density at radius 3 is 2.84 bits per heavy atom. The molecule has 0 atom stereocenters. The van der Waals surface area contributed by atoms with Crippen LogP contribution in [-0.4, -0.2) is 42.5 Å². The molecule has 1 aliphatic rings. The fraction of sp³-hybridized carbons (Fsp3) is 0.385. The van der Waals surface area contributed by atoms with Crippen LogP contribution in [0.5, 0.6) is 0 Å². The average molecular weight is 293 g/mol. The number of hydrogen-bond donors (Lipinski definition) is 0. The van der Waals surface area contributed by atoms with E-state index in [9.17, 15) is 0 Å². The molecule has 1 fully saturated rings. The van der Waals surface area contributed by atoms with Gasteiger partial charge >= 0.3 is 0 Å². The molecule has 0 amide bonds. The topological polar surface area (TPSA) is 38.2 Å². The van der Waals surface area contributed by atoms with E-state index < -0.39 is 0 Å². The van der Waals surface area contributed by atoms with E-state index in [2.05, 4.69) is 27.4 Å². The number of thiophene rings is 1. The van der Waals surface area contributed by atoms with Crippen molar-refractivity contribution in [2.45, 2.75) is 5.03 Å². The van der Waals surface area contributed by atoms with Crippen LogP contribution in [0, 0.1) is 0 Å². The number of nitrogens with zero attached hydrogens (tertiary/aromatic N) is 3. The van der Waals surface area contributed by atoms with Crippen molar-refractivity contribution in [2.24, 2.45) is 0 Å². The van der Waals surface area contributed by atoms with Crippen molar-refractivity contribution in [1.29, 1.82) is 0 Å². The normalized spacial score (nSPS) is 15.7. The molecule has 100 valence electrons. The van der Waals surface area contributed by atoms with Crippen LogP contribution in [-0.2, 0) is 4.74 Å². The van der Waals surface area contributed by atoms with Gasteiger partial charge in [0.1, 0.15) is 10.8 Å². The Bertz CT molecular complexity index is 539. The van der Waals surface area contributed by atoms with E-state index in [4.69, 9.17) is 9.72 Å². The maximum absolute atomic E-state index is 5.39. The lowest BCUT2D eigenvalue weighted by molar-refractivity contribution is 0.122. The van der Waals surface area contributed by atoms with Crippen LogP contribution >= 0.6 is 23.1 Å². The largest absolute Gasteiger partial charge is 0.378 e. The molecule has 0 unspecified atom stereocenters. The summed E-state index contributed by atoms with van der Waals surface area (Å²) in [6.45, 7) is 3.34. The maximum atomic E-state index is 5.39. The maximum Gasteiger partial charge on any atom is 0.172 e. The number of aromatic nitrogens is 2. The third-order valence-corrected chi connectivity index (χ3v) is 4.47. The molecule has 4 nitrogen and oxygen atoms in total. The summed E-state index contributed by atoms with van der Waals surface area (Å²) in [7, 11) is 0. The van der Waals surface area contributed by atoms with Crippen molar-refractivity contribution < 1.29 is 4.74 Å². The van der Waals surface area contributed by atoms with Gasteiger partial charge in [0.2, 0.25) is 0 Å². The van der Waals surface area contributed by atoms with Gasteiger partial charge < -0.3 is 9.64 Å². The summed E-state index contributed by atoms with van der Waals surface area (Å²) < 4.78 is 5.39. The lowest BCUT2D eigenvalue weighted by Crippen LogP contribution is -2.36. The summed E-state index contributed by atoms with van der Waals surface area (Å²) in [5.41, 5.74) is 0. The van der Waals surface area contributed by atoms with Crippen molar-refractivity contribution in [3.05, 3.63) is 23.6 Å². The van der Waals surface area contributed by atoms with Crippen LogP contribution in [0.25, 0.3) is 10.7 Å². The van der Waals surface area contributed by atoms with Gasteiger partial charge in [0, 0.05) is 19.2 Å². The number of rotatable bonds is 3. The van der Waals surface area contributed by atoms with Crippen LogP contribution in [0.3, 0.4) is 0 Å². The smallest absolute Gasteiger partial charge is 0.172 e. The zero-order chi connectivity index (χ0) is 13.1. The Balaban J connectivity index is 1.97. The minimum Gasteiger partial charge on any atom is -0.378 e. The lowest BCUT2D eigenvalue weighted by Gasteiger charge is -2.28. The number of hydrogen-bond acceptors (Lipinski definition) is 6. The number of thioether (sulfide) groups is 1. The van der Waals surface area contributed by atoms with Crippen LogP contribution < -0.4 is 4.90 Å². The second-order valence-electron chi connectivity index (χ2n) is 4.17. The molecule has 0 aliphatic carbocycles. The summed E-state index contributed by atoms with van der Waals surface area (Å²) in [5.74, 6) is 1.83. The van der Waals surface area contributed by atoms with Gasteiger partial charge in [-0.25, -0.2) is 9.97 Å². The Morgan fingerprint density at radius 2 is 2.16 bits per heavy atom. The molecule has 19 heavy (non-hydrogen) atoms. The molecule has 0 N–H and O–H groups in total. The molecule has 1 saturated heterocycles. The number of ether oxygens (including phenoxy) is 1. The zero-order valence-electron chi connectivity index (χ0n) is 10.7. The van der Waals surface area contributed by atoms with Crippen LogP contribution in [0.4, 0.5) is 5.82 Å². The Morgan fingerprint density at radius 1 is 1.32 bits per heavy atom. The van der Waals surface area contributed by atoms with Gasteiger partial charge in [0.25, 0.3) is 0 Å². The van der Waals surface area contributed by atoms with Crippen LogP contribution in [0.2, 0.25) is 0 Å². The summed E-state index contributed by atoms with van der Waals surface area (Å²) >= 11 is 3.33. The van der Waals surface area contributed by atoms with Crippen molar-refractivity contribution in [2.75, 3.05) is 37.5 Å². The molecule has 0 aromatic carbocycles. The Labute approximate surface area is 120 Å². The molecule has 3 rings (SSSR count). The highest BCUT2D eigenvalue weighted by molar-refractivity contribution is 7.98. The minimum atomic E-state index is 0.771. The summed E-state index contributed by atoms with van der Waals surface area (Å²) in [6.07, 6.45) is 2.05. The molecule has 0 saturated carbocycles. The first-order valence-corrected chi connectivity index (χ1v) is 8.27. The van der Waals surface area contributed by atoms with E-state index in [0.717, 1.165) is 47.8 Å². The second kappa shape index (κ2) is 5.90. The highest BCUT2D eigenvalue weighted by atomic mass is 32.2. The molecule has 0 spiro atoms. The van der Waals surface area contributed by atoms with E-state index in [1.807, 2.05) is 12.3 Å². The first kappa shape index (κ1) is 12.9. The van der Waals surface area contributed by atoms with Gasteiger partial charge in [-0.3, -0.25) is 0 Å². The van der Waals surface area contributed by atoms with Crippen molar-refractivity contribution in [1.82, 2.24) is 9.97 Å². The predicted octanol–water partition coefficient (Wildman–Crippen LogP) is 2.76. The third kappa shape index (κ3) is 2.91. The zero-order valence-corrected chi connectivity index (χ0v) is 12.3. The van der Waals surface area contributed by atoms with Crippen LogP contribution in [0.1, 0.15) is 0 Å². The SMILES string of the molecule is CSc1cc(N2CCOCC2)nc(-c2cccs2)n1. The quantitative estimate of drug-likeness (QED) is 0.642. The van der Waals surface area contributed by atoms with Crippen molar-refractivity contribution in [3.63, 3.8) is 0 Å². The van der Waals surface area contributed by atoms with Crippen molar-refractivity contribution in [3.8, 4) is 10.7 Å². The molecule has 2 aromatic heterocycles. The van der Waals surface area contributed by atoms with E-state index >= 15 is 0 Å². The average Bonchev–Trinajstić information content (AvgIpc) is 3.02. The van der Waals surface area contributed by atoms with E-state index in [1.54, 1.807) is 23.1 Å². The molecule has 6 heteroatoms. The monoisotopic (exact) mass is 293 g/mol. The molecule has 2 aromatic rings. The van der Waals surface area contributed by atoms with Crippen LogP contribution in [0.15, 0.2) is 28.6 Å². The van der Waals surface area contributed by atoms with Gasteiger partial charge in [-0.05, 0) is 17.7 Å². The van der Waals surface area contributed by atoms with Crippen molar-refractivity contribution >= 4 is 28.9 Å².